The first-order valence-corrected chi connectivity index (χ1v) is 9.55. The summed E-state index contributed by atoms with van der Waals surface area (Å²) in [6.07, 6.45) is 3.54. The van der Waals surface area contributed by atoms with Crippen molar-refractivity contribution in [3.8, 4) is 23.0 Å². The van der Waals surface area contributed by atoms with Crippen LogP contribution in [0.2, 0.25) is 0 Å². The van der Waals surface area contributed by atoms with Crippen LogP contribution < -0.4 is 14.2 Å². The average molecular weight is 371 g/mol. The van der Waals surface area contributed by atoms with Gasteiger partial charge in [0.25, 0.3) is 0 Å². The fourth-order valence-electron chi connectivity index (χ4n) is 3.56. The molecule has 5 nitrogen and oxygen atoms in total. The lowest BCUT2D eigenvalue weighted by Gasteiger charge is -2.24. The standard InChI is InChI=1S/C22H29NO4/c1-4-5-9-18-15-23(14-17-8-6-7-10-19(17)27-18)13-16-11-20(25-2)22(24)21(12-16)26-3/h6-8,10-12,18,24H,4-5,9,13-15H2,1-3H3. The third-order valence-corrected chi connectivity index (χ3v) is 4.95. The maximum absolute atomic E-state index is 10.1. The maximum atomic E-state index is 10.1. The van der Waals surface area contributed by atoms with Gasteiger partial charge in [-0.05, 0) is 36.6 Å². The van der Waals surface area contributed by atoms with Crippen molar-refractivity contribution in [1.82, 2.24) is 4.90 Å². The van der Waals surface area contributed by atoms with Crippen LogP contribution in [0.25, 0.3) is 0 Å². The van der Waals surface area contributed by atoms with Gasteiger partial charge < -0.3 is 19.3 Å². The molecule has 0 fully saturated rings. The van der Waals surface area contributed by atoms with E-state index in [2.05, 4.69) is 30.0 Å². The quantitative estimate of drug-likeness (QED) is 0.784. The molecule has 0 aromatic heterocycles. The molecule has 27 heavy (non-hydrogen) atoms. The van der Waals surface area contributed by atoms with Crippen molar-refractivity contribution in [2.24, 2.45) is 0 Å². The highest BCUT2D eigenvalue weighted by atomic mass is 16.5. The molecule has 2 aromatic rings. The molecule has 3 rings (SSSR count). The molecule has 1 unspecified atom stereocenters. The summed E-state index contributed by atoms with van der Waals surface area (Å²) in [7, 11) is 3.10. The zero-order valence-electron chi connectivity index (χ0n) is 16.4. The number of ether oxygens (including phenoxy) is 3. The minimum Gasteiger partial charge on any atom is -0.502 e. The third kappa shape index (κ3) is 4.66. The van der Waals surface area contributed by atoms with Gasteiger partial charge in [0, 0.05) is 25.2 Å². The number of para-hydroxylation sites is 1. The SMILES string of the molecule is CCCCC1CN(Cc2cc(OC)c(O)c(OC)c2)Cc2ccccc2O1. The Balaban J connectivity index is 1.84. The summed E-state index contributed by atoms with van der Waals surface area (Å²) in [5, 5.41) is 10.1. The molecular weight excluding hydrogens is 342 g/mol. The molecular formula is C22H29NO4. The van der Waals surface area contributed by atoms with Crippen LogP contribution in [-0.4, -0.2) is 36.9 Å². The van der Waals surface area contributed by atoms with Crippen molar-refractivity contribution >= 4 is 0 Å². The van der Waals surface area contributed by atoms with Gasteiger partial charge in [0.1, 0.15) is 11.9 Å². The molecule has 0 amide bonds. The zero-order chi connectivity index (χ0) is 19.2. The van der Waals surface area contributed by atoms with E-state index in [1.54, 1.807) is 14.2 Å². The number of phenols is 1. The van der Waals surface area contributed by atoms with Crippen LogP contribution in [0.3, 0.4) is 0 Å². The van der Waals surface area contributed by atoms with Gasteiger partial charge >= 0.3 is 0 Å². The van der Waals surface area contributed by atoms with Gasteiger partial charge in [-0.1, -0.05) is 31.5 Å². The Morgan fingerprint density at radius 2 is 1.85 bits per heavy atom. The molecule has 1 N–H and O–H groups in total. The van der Waals surface area contributed by atoms with E-state index in [4.69, 9.17) is 14.2 Å². The molecule has 0 spiro atoms. The normalized spacial score (nSPS) is 16.9. The molecule has 0 bridgehead atoms. The van der Waals surface area contributed by atoms with Gasteiger partial charge in [-0.15, -0.1) is 0 Å². The number of rotatable bonds is 7. The Hall–Kier alpha value is -2.40. The van der Waals surface area contributed by atoms with Crippen molar-refractivity contribution < 1.29 is 19.3 Å². The van der Waals surface area contributed by atoms with Crippen LogP contribution in [0.15, 0.2) is 36.4 Å². The summed E-state index contributed by atoms with van der Waals surface area (Å²) in [6, 6.07) is 12.0. The van der Waals surface area contributed by atoms with Crippen LogP contribution in [-0.2, 0) is 13.1 Å². The fourth-order valence-corrected chi connectivity index (χ4v) is 3.56. The Bertz CT molecular complexity index is 737. The molecule has 0 radical (unpaired) electrons. The first kappa shape index (κ1) is 19.4. The average Bonchev–Trinajstić information content (AvgIpc) is 2.85. The molecule has 1 aliphatic heterocycles. The molecule has 0 aliphatic carbocycles. The number of nitrogens with zero attached hydrogens (tertiary/aromatic N) is 1. The molecule has 5 heteroatoms. The zero-order valence-corrected chi connectivity index (χ0v) is 16.4. The van der Waals surface area contributed by atoms with E-state index in [0.717, 1.165) is 50.2 Å². The van der Waals surface area contributed by atoms with Crippen LogP contribution in [0.5, 0.6) is 23.0 Å². The van der Waals surface area contributed by atoms with E-state index in [1.165, 1.54) is 5.56 Å². The van der Waals surface area contributed by atoms with Crippen molar-refractivity contribution in [3.05, 3.63) is 47.5 Å². The lowest BCUT2D eigenvalue weighted by molar-refractivity contribution is 0.133. The number of aromatic hydroxyl groups is 1. The maximum Gasteiger partial charge on any atom is 0.200 e. The van der Waals surface area contributed by atoms with Crippen LogP contribution >= 0.6 is 0 Å². The van der Waals surface area contributed by atoms with Gasteiger partial charge in [0.2, 0.25) is 5.75 Å². The van der Waals surface area contributed by atoms with E-state index in [9.17, 15) is 5.11 Å². The molecule has 1 heterocycles. The molecule has 0 saturated heterocycles. The van der Waals surface area contributed by atoms with E-state index in [0.29, 0.717) is 11.5 Å². The topological polar surface area (TPSA) is 51.2 Å². The van der Waals surface area contributed by atoms with E-state index < -0.39 is 0 Å². The Kier molecular flexibility index (Phi) is 6.45. The number of benzene rings is 2. The Morgan fingerprint density at radius 3 is 2.52 bits per heavy atom. The number of hydrogen-bond donors (Lipinski definition) is 1. The van der Waals surface area contributed by atoms with Crippen LogP contribution in [0.4, 0.5) is 0 Å². The summed E-state index contributed by atoms with van der Waals surface area (Å²) >= 11 is 0. The summed E-state index contributed by atoms with van der Waals surface area (Å²) in [4.78, 5) is 2.39. The van der Waals surface area contributed by atoms with E-state index in [1.807, 2.05) is 18.2 Å². The van der Waals surface area contributed by atoms with Gasteiger partial charge in [-0.3, -0.25) is 4.90 Å². The second-order valence-corrected chi connectivity index (χ2v) is 7.01. The minimum atomic E-state index is 0.0362. The Labute approximate surface area is 161 Å². The van der Waals surface area contributed by atoms with Crippen LogP contribution in [0, 0.1) is 0 Å². The number of phenolic OH excluding ortho intramolecular Hbond substituents is 1. The summed E-state index contributed by atoms with van der Waals surface area (Å²) in [5.74, 6) is 1.88. The predicted octanol–water partition coefficient (Wildman–Crippen LogP) is 4.36. The smallest absolute Gasteiger partial charge is 0.200 e. The van der Waals surface area contributed by atoms with Crippen molar-refractivity contribution in [1.29, 1.82) is 0 Å². The number of fused-ring (bicyclic) bond motifs is 1. The number of methoxy groups -OCH3 is 2. The second kappa shape index (κ2) is 9.00. The molecule has 1 aliphatic rings. The highest BCUT2D eigenvalue weighted by molar-refractivity contribution is 5.52. The molecule has 146 valence electrons. The first-order chi connectivity index (χ1) is 13.1. The van der Waals surface area contributed by atoms with E-state index >= 15 is 0 Å². The fraction of sp³-hybridized carbons (Fsp3) is 0.455. The third-order valence-electron chi connectivity index (χ3n) is 4.95. The number of hydrogen-bond acceptors (Lipinski definition) is 5. The summed E-state index contributed by atoms with van der Waals surface area (Å²) in [6.45, 7) is 4.62. The summed E-state index contributed by atoms with van der Waals surface area (Å²) < 4.78 is 16.9. The largest absolute Gasteiger partial charge is 0.502 e. The number of unbranched alkanes of at least 4 members (excludes halogenated alkanes) is 1. The van der Waals surface area contributed by atoms with Gasteiger partial charge in [0.05, 0.1) is 14.2 Å². The van der Waals surface area contributed by atoms with Crippen molar-refractivity contribution in [3.63, 3.8) is 0 Å². The lowest BCUT2D eigenvalue weighted by Crippen LogP contribution is -2.32. The highest BCUT2D eigenvalue weighted by Crippen LogP contribution is 2.38. The van der Waals surface area contributed by atoms with E-state index in [-0.39, 0.29) is 11.9 Å². The van der Waals surface area contributed by atoms with Crippen molar-refractivity contribution in [2.75, 3.05) is 20.8 Å². The highest BCUT2D eigenvalue weighted by Gasteiger charge is 2.23. The molecule has 2 aromatic carbocycles. The summed E-state index contributed by atoms with van der Waals surface area (Å²) in [5.41, 5.74) is 2.24. The minimum absolute atomic E-state index is 0.0362. The lowest BCUT2D eigenvalue weighted by atomic mass is 10.1. The Morgan fingerprint density at radius 1 is 1.15 bits per heavy atom. The second-order valence-electron chi connectivity index (χ2n) is 7.01. The predicted molar refractivity (Wildman–Crippen MR) is 106 cm³/mol. The van der Waals surface area contributed by atoms with Crippen LogP contribution in [0.1, 0.15) is 37.3 Å². The van der Waals surface area contributed by atoms with Gasteiger partial charge in [-0.2, -0.15) is 0 Å². The van der Waals surface area contributed by atoms with Gasteiger partial charge in [-0.25, -0.2) is 0 Å². The van der Waals surface area contributed by atoms with Crippen molar-refractivity contribution in [2.45, 2.75) is 45.4 Å². The van der Waals surface area contributed by atoms with Gasteiger partial charge in [0.15, 0.2) is 11.5 Å². The first-order valence-electron chi connectivity index (χ1n) is 9.55. The monoisotopic (exact) mass is 371 g/mol. The molecule has 1 atom stereocenters. The molecule has 0 saturated carbocycles.